The Labute approximate surface area is 128 Å². The molecule has 120 valence electrons. The second kappa shape index (κ2) is 6.30. The number of carbonyl (C=O) groups is 1. The minimum absolute atomic E-state index is 0.113. The molecule has 1 aromatic rings. The molecule has 0 spiro atoms. The molecule has 0 unspecified atom stereocenters. The monoisotopic (exact) mass is 310 g/mol. The molecule has 0 amide bonds. The third-order valence-electron chi connectivity index (χ3n) is 4.66. The van der Waals surface area contributed by atoms with Crippen molar-refractivity contribution in [3.63, 3.8) is 0 Å². The van der Waals surface area contributed by atoms with E-state index < -0.39 is 11.6 Å². The first kappa shape index (κ1) is 15.4. The third-order valence-corrected chi connectivity index (χ3v) is 4.66. The van der Waals surface area contributed by atoms with E-state index in [1.54, 1.807) is 0 Å². The van der Waals surface area contributed by atoms with Gasteiger partial charge in [0, 0.05) is 50.3 Å². The lowest BCUT2D eigenvalue weighted by Crippen LogP contribution is -2.52. The van der Waals surface area contributed by atoms with Gasteiger partial charge in [-0.1, -0.05) is 6.07 Å². The molecule has 0 saturated carbocycles. The van der Waals surface area contributed by atoms with Gasteiger partial charge in [0.2, 0.25) is 0 Å². The van der Waals surface area contributed by atoms with Gasteiger partial charge in [0.05, 0.1) is 6.61 Å². The van der Waals surface area contributed by atoms with E-state index in [-0.39, 0.29) is 18.1 Å². The minimum Gasteiger partial charge on any atom is -0.464 e. The van der Waals surface area contributed by atoms with E-state index >= 15 is 0 Å². The second-order valence-electron chi connectivity index (χ2n) is 5.89. The first-order valence-electron chi connectivity index (χ1n) is 7.66. The predicted octanol–water partition coefficient (Wildman–Crippen LogP) is 1.96. The van der Waals surface area contributed by atoms with Crippen molar-refractivity contribution in [2.45, 2.75) is 25.4 Å². The predicted molar refractivity (Wildman–Crippen MR) is 77.3 cm³/mol. The first-order chi connectivity index (χ1) is 10.6. The lowest BCUT2D eigenvalue weighted by molar-refractivity contribution is -0.142. The molecular formula is C16H20F2N2O2. The largest absolute Gasteiger partial charge is 0.464 e. The quantitative estimate of drug-likeness (QED) is 0.799. The topological polar surface area (TPSA) is 32.8 Å². The Hall–Kier alpha value is -1.53. The molecule has 2 fully saturated rings. The molecule has 22 heavy (non-hydrogen) atoms. The number of piperazine rings is 1. The van der Waals surface area contributed by atoms with E-state index in [2.05, 4.69) is 9.80 Å². The van der Waals surface area contributed by atoms with Gasteiger partial charge in [-0.05, 0) is 13.0 Å². The number of hydrogen-bond donors (Lipinski definition) is 0. The van der Waals surface area contributed by atoms with Gasteiger partial charge in [-0.3, -0.25) is 14.6 Å². The molecule has 0 N–H and O–H groups in total. The van der Waals surface area contributed by atoms with Crippen molar-refractivity contribution in [1.29, 1.82) is 0 Å². The van der Waals surface area contributed by atoms with Crippen LogP contribution in [0.1, 0.15) is 24.9 Å². The van der Waals surface area contributed by atoms with Crippen LogP contribution in [0.25, 0.3) is 0 Å². The minimum atomic E-state index is -0.557. The Kier molecular flexibility index (Phi) is 4.40. The van der Waals surface area contributed by atoms with E-state index in [4.69, 9.17) is 4.74 Å². The molecule has 4 nitrogen and oxygen atoms in total. The molecule has 0 radical (unpaired) electrons. The number of carbonyl (C=O) groups excluding carboxylic acids is 1. The zero-order valence-electron chi connectivity index (χ0n) is 12.6. The summed E-state index contributed by atoms with van der Waals surface area (Å²) in [4.78, 5) is 15.9. The Morgan fingerprint density at radius 2 is 1.95 bits per heavy atom. The summed E-state index contributed by atoms with van der Waals surface area (Å²) in [6, 6.07) is 3.49. The fourth-order valence-corrected chi connectivity index (χ4v) is 3.29. The number of ether oxygens (including phenoxy) is 1. The number of halogens is 2. The number of cyclic esters (lactones) is 1. The van der Waals surface area contributed by atoms with E-state index in [0.717, 1.165) is 38.7 Å². The van der Waals surface area contributed by atoms with Crippen LogP contribution in [0, 0.1) is 11.6 Å². The zero-order chi connectivity index (χ0) is 15.7. The molecule has 2 aliphatic heterocycles. The molecule has 2 aliphatic rings. The molecule has 0 aliphatic carbocycles. The van der Waals surface area contributed by atoms with Crippen LogP contribution in [0.5, 0.6) is 0 Å². The molecule has 0 bridgehead atoms. The Morgan fingerprint density at radius 1 is 1.23 bits per heavy atom. The van der Waals surface area contributed by atoms with Crippen LogP contribution in [0.2, 0.25) is 0 Å². The van der Waals surface area contributed by atoms with Gasteiger partial charge < -0.3 is 4.74 Å². The fourth-order valence-electron chi connectivity index (χ4n) is 3.29. The van der Waals surface area contributed by atoms with Gasteiger partial charge in [-0.25, -0.2) is 8.78 Å². The highest BCUT2D eigenvalue weighted by atomic mass is 19.1. The SMILES string of the molecule is C[C@H](c1ccc(F)cc1F)N1CCN([C@H]2CCOC2=O)CC1. The van der Waals surface area contributed by atoms with Crippen molar-refractivity contribution in [2.24, 2.45) is 0 Å². The highest BCUT2D eigenvalue weighted by Crippen LogP contribution is 2.26. The molecule has 0 aromatic heterocycles. The van der Waals surface area contributed by atoms with Crippen LogP contribution in [0.15, 0.2) is 18.2 Å². The van der Waals surface area contributed by atoms with Gasteiger partial charge >= 0.3 is 5.97 Å². The first-order valence-corrected chi connectivity index (χ1v) is 7.66. The molecule has 2 saturated heterocycles. The fraction of sp³-hybridized carbons (Fsp3) is 0.562. The smallest absolute Gasteiger partial charge is 0.323 e. The van der Waals surface area contributed by atoms with Crippen molar-refractivity contribution in [3.05, 3.63) is 35.4 Å². The zero-order valence-corrected chi connectivity index (χ0v) is 12.6. The molecule has 3 rings (SSSR count). The number of hydrogen-bond acceptors (Lipinski definition) is 4. The lowest BCUT2D eigenvalue weighted by Gasteiger charge is -2.39. The maximum absolute atomic E-state index is 13.9. The van der Waals surface area contributed by atoms with E-state index in [0.29, 0.717) is 12.2 Å². The van der Waals surface area contributed by atoms with Crippen LogP contribution in [0.3, 0.4) is 0 Å². The molecule has 1 aromatic carbocycles. The standard InChI is InChI=1S/C16H20F2N2O2/c1-11(13-3-2-12(17)10-14(13)18)19-5-7-20(8-6-19)15-4-9-22-16(15)21/h2-3,10-11,15H,4-9H2,1H3/t11-,15+/m1/s1. The maximum Gasteiger partial charge on any atom is 0.323 e. The van der Waals surface area contributed by atoms with E-state index in [1.165, 1.54) is 12.1 Å². The van der Waals surface area contributed by atoms with Crippen molar-refractivity contribution < 1.29 is 18.3 Å². The average molecular weight is 310 g/mol. The normalized spacial score (nSPS) is 25.2. The average Bonchev–Trinajstić information content (AvgIpc) is 2.93. The Bertz CT molecular complexity index is 559. The third kappa shape index (κ3) is 2.98. The van der Waals surface area contributed by atoms with Crippen molar-refractivity contribution in [2.75, 3.05) is 32.8 Å². The second-order valence-corrected chi connectivity index (χ2v) is 5.89. The summed E-state index contributed by atoms with van der Waals surface area (Å²) in [6.07, 6.45) is 0.751. The Morgan fingerprint density at radius 3 is 2.55 bits per heavy atom. The van der Waals surface area contributed by atoms with Crippen LogP contribution >= 0.6 is 0 Å². The van der Waals surface area contributed by atoms with Crippen molar-refractivity contribution in [1.82, 2.24) is 9.80 Å². The van der Waals surface area contributed by atoms with Crippen molar-refractivity contribution in [3.8, 4) is 0 Å². The molecular weight excluding hydrogens is 290 g/mol. The van der Waals surface area contributed by atoms with E-state index in [9.17, 15) is 13.6 Å². The summed E-state index contributed by atoms with van der Waals surface area (Å²) >= 11 is 0. The maximum atomic E-state index is 13.9. The summed E-state index contributed by atoms with van der Waals surface area (Å²) in [5.74, 6) is -1.20. The van der Waals surface area contributed by atoms with E-state index in [1.807, 2.05) is 6.92 Å². The van der Waals surface area contributed by atoms with Gasteiger partial charge in [0.25, 0.3) is 0 Å². The number of nitrogens with zero attached hydrogens (tertiary/aromatic N) is 2. The number of benzene rings is 1. The van der Waals surface area contributed by atoms with Gasteiger partial charge in [0.15, 0.2) is 0 Å². The summed E-state index contributed by atoms with van der Waals surface area (Å²) in [5, 5.41) is 0. The van der Waals surface area contributed by atoms with Gasteiger partial charge in [0.1, 0.15) is 17.7 Å². The molecule has 6 heteroatoms. The van der Waals surface area contributed by atoms with Crippen molar-refractivity contribution >= 4 is 5.97 Å². The molecule has 2 atom stereocenters. The van der Waals surface area contributed by atoms with Crippen LogP contribution < -0.4 is 0 Å². The highest BCUT2D eigenvalue weighted by molar-refractivity contribution is 5.77. The van der Waals surface area contributed by atoms with Gasteiger partial charge in [-0.2, -0.15) is 0 Å². The summed E-state index contributed by atoms with van der Waals surface area (Å²) in [5.41, 5.74) is 0.509. The van der Waals surface area contributed by atoms with Crippen LogP contribution in [0.4, 0.5) is 8.78 Å². The Balaban J connectivity index is 1.62. The van der Waals surface area contributed by atoms with Gasteiger partial charge in [-0.15, -0.1) is 0 Å². The summed E-state index contributed by atoms with van der Waals surface area (Å²) in [6.45, 7) is 5.44. The highest BCUT2D eigenvalue weighted by Gasteiger charge is 2.35. The number of rotatable bonds is 3. The lowest BCUT2D eigenvalue weighted by atomic mass is 10.0. The van der Waals surface area contributed by atoms with Crippen LogP contribution in [-0.4, -0.2) is 54.6 Å². The summed E-state index contributed by atoms with van der Waals surface area (Å²) < 4.78 is 31.9. The number of esters is 1. The summed E-state index contributed by atoms with van der Waals surface area (Å²) in [7, 11) is 0. The van der Waals surface area contributed by atoms with Crippen LogP contribution in [-0.2, 0) is 9.53 Å². The molecule has 2 heterocycles.